The van der Waals surface area contributed by atoms with Gasteiger partial charge in [0.2, 0.25) is 0 Å². The van der Waals surface area contributed by atoms with Crippen molar-refractivity contribution in [2.24, 2.45) is 0 Å². The summed E-state index contributed by atoms with van der Waals surface area (Å²) in [5, 5.41) is -0.510. The van der Waals surface area contributed by atoms with Gasteiger partial charge in [0.25, 0.3) is 0 Å². The molecule has 1 nitrogen and oxygen atoms in total. The van der Waals surface area contributed by atoms with Gasteiger partial charge in [-0.2, -0.15) is 26.3 Å². The Kier molecular flexibility index (Phi) is 2.37. The van der Waals surface area contributed by atoms with Crippen molar-refractivity contribution in [2.45, 2.75) is 24.7 Å². The molecule has 1 aromatic heterocycles. The molecular formula is C9H5F6NS. The number of aromatic nitrogens is 1. The van der Waals surface area contributed by atoms with Crippen molar-refractivity contribution >= 4 is 16.9 Å². The van der Waals surface area contributed by atoms with Crippen molar-refractivity contribution < 1.29 is 26.3 Å². The predicted octanol–water partition coefficient (Wildman–Crippen LogP) is 3.75. The highest BCUT2D eigenvalue weighted by Crippen LogP contribution is 2.58. The lowest BCUT2D eigenvalue weighted by Gasteiger charge is -2.24. The first-order valence-corrected chi connectivity index (χ1v) is 5.21. The Balaban J connectivity index is 2.56. The van der Waals surface area contributed by atoms with E-state index in [1.54, 1.807) is 0 Å². The summed E-state index contributed by atoms with van der Waals surface area (Å²) in [7, 11) is 0. The van der Waals surface area contributed by atoms with Crippen LogP contribution >= 0.6 is 11.3 Å². The summed E-state index contributed by atoms with van der Waals surface area (Å²) >= 11 is 0.663. The highest BCUT2D eigenvalue weighted by molar-refractivity contribution is 7.12. The first kappa shape index (κ1) is 12.4. The zero-order valence-corrected chi connectivity index (χ0v) is 9.09. The van der Waals surface area contributed by atoms with E-state index in [2.05, 4.69) is 4.98 Å². The number of aryl methyl sites for hydroxylation is 1. The highest BCUT2D eigenvalue weighted by atomic mass is 32.1. The molecule has 0 atom stereocenters. The maximum absolute atomic E-state index is 13.2. The van der Waals surface area contributed by atoms with E-state index in [0.29, 0.717) is 16.2 Å². The van der Waals surface area contributed by atoms with E-state index in [1.165, 1.54) is 6.92 Å². The molecule has 0 unspecified atom stereocenters. The molecule has 0 amide bonds. The van der Waals surface area contributed by atoms with Crippen molar-refractivity contribution in [2.75, 3.05) is 0 Å². The van der Waals surface area contributed by atoms with Gasteiger partial charge in [-0.25, -0.2) is 4.98 Å². The SMILES string of the molecule is Cc1cnc(C2=CC(F)(F)C(F)(F)C2(F)F)s1. The molecule has 0 radical (unpaired) electrons. The van der Waals surface area contributed by atoms with Gasteiger partial charge in [0.15, 0.2) is 0 Å². The van der Waals surface area contributed by atoms with Gasteiger partial charge in [0.1, 0.15) is 5.01 Å². The van der Waals surface area contributed by atoms with E-state index >= 15 is 0 Å². The highest BCUT2D eigenvalue weighted by Gasteiger charge is 2.77. The standard InChI is InChI=1S/C9H5F6NS/c1-4-3-16-6(17-4)5-2-7(10,11)9(14,15)8(5,12)13/h2-3H,1H3. The number of hydrogen-bond acceptors (Lipinski definition) is 2. The average Bonchev–Trinajstić information content (AvgIpc) is 2.64. The van der Waals surface area contributed by atoms with Crippen molar-refractivity contribution in [1.29, 1.82) is 0 Å². The van der Waals surface area contributed by atoms with E-state index in [0.717, 1.165) is 6.20 Å². The Labute approximate surface area is 95.8 Å². The van der Waals surface area contributed by atoms with E-state index in [1.807, 2.05) is 0 Å². The van der Waals surface area contributed by atoms with Crippen molar-refractivity contribution in [3.63, 3.8) is 0 Å². The summed E-state index contributed by atoms with van der Waals surface area (Å²) in [4.78, 5) is 3.90. The van der Waals surface area contributed by atoms with Crippen molar-refractivity contribution in [3.05, 3.63) is 22.2 Å². The summed E-state index contributed by atoms with van der Waals surface area (Å²) in [6.45, 7) is 1.51. The Morgan fingerprint density at radius 3 is 2.06 bits per heavy atom. The topological polar surface area (TPSA) is 12.9 Å². The fraction of sp³-hybridized carbons (Fsp3) is 0.444. The van der Waals surface area contributed by atoms with Crippen LogP contribution in [0.5, 0.6) is 0 Å². The minimum absolute atomic E-state index is 0.398. The molecule has 1 aliphatic rings. The molecular weight excluding hydrogens is 268 g/mol. The molecule has 0 saturated heterocycles. The molecule has 1 aromatic rings. The number of alkyl halides is 6. The largest absolute Gasteiger partial charge is 0.380 e. The Morgan fingerprint density at radius 1 is 1.12 bits per heavy atom. The molecule has 0 saturated carbocycles. The van der Waals surface area contributed by atoms with E-state index < -0.39 is 34.4 Å². The third kappa shape index (κ3) is 1.50. The van der Waals surface area contributed by atoms with Gasteiger partial charge in [-0.05, 0) is 6.92 Å². The van der Waals surface area contributed by atoms with Crippen LogP contribution in [0.4, 0.5) is 26.3 Å². The fourth-order valence-corrected chi connectivity index (χ4v) is 2.23. The molecule has 0 aromatic carbocycles. The normalized spacial score (nSPS) is 24.8. The minimum atomic E-state index is -5.42. The monoisotopic (exact) mass is 273 g/mol. The zero-order chi connectivity index (χ0) is 13.1. The lowest BCUT2D eigenvalue weighted by molar-refractivity contribution is -0.257. The number of halogens is 6. The molecule has 0 spiro atoms. The third-order valence-corrected chi connectivity index (χ3v) is 3.27. The van der Waals surface area contributed by atoms with Crippen LogP contribution in [0.2, 0.25) is 0 Å². The maximum atomic E-state index is 13.2. The van der Waals surface area contributed by atoms with Gasteiger partial charge in [-0.1, -0.05) is 0 Å². The second kappa shape index (κ2) is 3.24. The number of rotatable bonds is 1. The number of thiazole rings is 1. The van der Waals surface area contributed by atoms with E-state index in [-0.39, 0.29) is 0 Å². The molecule has 0 bridgehead atoms. The summed E-state index contributed by atoms with van der Waals surface area (Å²) in [6, 6.07) is 0. The van der Waals surface area contributed by atoms with Gasteiger partial charge in [0, 0.05) is 17.2 Å². The van der Waals surface area contributed by atoms with Crippen LogP contribution in [-0.4, -0.2) is 22.8 Å². The molecule has 0 N–H and O–H groups in total. The second-order valence-electron chi connectivity index (χ2n) is 3.61. The summed E-state index contributed by atoms with van der Waals surface area (Å²) in [6.07, 6.45) is 0.761. The minimum Gasteiger partial charge on any atom is -0.244 e. The van der Waals surface area contributed by atoms with Gasteiger partial charge >= 0.3 is 17.8 Å². The van der Waals surface area contributed by atoms with Crippen molar-refractivity contribution in [1.82, 2.24) is 4.98 Å². The third-order valence-electron chi connectivity index (χ3n) is 2.33. The molecule has 94 valence electrons. The van der Waals surface area contributed by atoms with Crippen LogP contribution in [0.15, 0.2) is 12.3 Å². The van der Waals surface area contributed by atoms with Crippen LogP contribution in [-0.2, 0) is 0 Å². The Bertz CT molecular complexity index is 489. The van der Waals surface area contributed by atoms with Gasteiger partial charge in [0.05, 0.1) is 5.57 Å². The number of nitrogens with zero attached hydrogens (tertiary/aromatic N) is 1. The average molecular weight is 273 g/mol. The lowest BCUT2D eigenvalue weighted by atomic mass is 10.1. The summed E-state index contributed by atoms with van der Waals surface area (Å²) in [5.74, 6) is -15.2. The van der Waals surface area contributed by atoms with E-state index in [9.17, 15) is 26.3 Å². The van der Waals surface area contributed by atoms with Gasteiger partial charge in [-0.15, -0.1) is 11.3 Å². The fourth-order valence-electron chi connectivity index (χ4n) is 1.42. The van der Waals surface area contributed by atoms with Crippen LogP contribution in [0, 0.1) is 6.92 Å². The molecule has 2 rings (SSSR count). The molecule has 1 aliphatic carbocycles. The van der Waals surface area contributed by atoms with E-state index in [4.69, 9.17) is 0 Å². The quantitative estimate of drug-likeness (QED) is 0.710. The molecule has 17 heavy (non-hydrogen) atoms. The predicted molar refractivity (Wildman–Crippen MR) is 49.7 cm³/mol. The van der Waals surface area contributed by atoms with Gasteiger partial charge in [-0.3, -0.25) is 0 Å². The second-order valence-corrected chi connectivity index (χ2v) is 4.84. The summed E-state index contributed by atoms with van der Waals surface area (Å²) in [5.41, 5.74) is -1.41. The Morgan fingerprint density at radius 2 is 1.71 bits per heavy atom. The molecule has 8 heteroatoms. The van der Waals surface area contributed by atoms with Crippen molar-refractivity contribution in [3.8, 4) is 0 Å². The smallest absolute Gasteiger partial charge is 0.244 e. The molecule has 0 fully saturated rings. The van der Waals surface area contributed by atoms with Crippen LogP contribution in [0.25, 0.3) is 5.57 Å². The first-order chi connectivity index (χ1) is 7.59. The zero-order valence-electron chi connectivity index (χ0n) is 8.28. The Hall–Kier alpha value is -1.05. The number of hydrogen-bond donors (Lipinski definition) is 0. The van der Waals surface area contributed by atoms with Gasteiger partial charge < -0.3 is 0 Å². The first-order valence-electron chi connectivity index (χ1n) is 4.39. The van der Waals surface area contributed by atoms with Crippen LogP contribution < -0.4 is 0 Å². The maximum Gasteiger partial charge on any atom is 0.380 e. The molecule has 1 heterocycles. The molecule has 0 aliphatic heterocycles. The lowest BCUT2D eigenvalue weighted by Crippen LogP contribution is -2.48. The summed E-state index contributed by atoms with van der Waals surface area (Å²) < 4.78 is 77.9. The van der Waals surface area contributed by atoms with Crippen LogP contribution in [0.3, 0.4) is 0 Å². The number of allylic oxidation sites excluding steroid dienone is 2. The van der Waals surface area contributed by atoms with Crippen LogP contribution in [0.1, 0.15) is 9.88 Å².